The molecule has 1 aliphatic carbocycles. The second-order valence-corrected chi connectivity index (χ2v) is 6.76. The quantitative estimate of drug-likeness (QED) is 0.867. The van der Waals surface area contributed by atoms with Gasteiger partial charge in [-0.25, -0.2) is 4.39 Å². The highest BCUT2D eigenvalue weighted by Crippen LogP contribution is 2.69. The second kappa shape index (κ2) is 4.06. The summed E-state index contributed by atoms with van der Waals surface area (Å²) < 4.78 is 13.2. The monoisotopic (exact) mass is 250 g/mol. The van der Waals surface area contributed by atoms with E-state index < -0.39 is 6.10 Å². The molecule has 1 aromatic rings. The first-order chi connectivity index (χ1) is 8.18. The van der Waals surface area contributed by atoms with Crippen LogP contribution in [0.5, 0.6) is 0 Å². The van der Waals surface area contributed by atoms with E-state index in [1.165, 1.54) is 6.07 Å². The highest BCUT2D eigenvalue weighted by molar-refractivity contribution is 5.28. The van der Waals surface area contributed by atoms with Crippen molar-refractivity contribution in [1.82, 2.24) is 0 Å². The van der Waals surface area contributed by atoms with E-state index in [2.05, 4.69) is 27.7 Å². The van der Waals surface area contributed by atoms with Gasteiger partial charge in [-0.1, -0.05) is 33.8 Å². The summed E-state index contributed by atoms with van der Waals surface area (Å²) in [5.74, 6) is 0.0600. The lowest BCUT2D eigenvalue weighted by atomic mass is 9.96. The van der Waals surface area contributed by atoms with Gasteiger partial charge in [-0.15, -0.1) is 0 Å². The number of aliphatic hydroxyl groups is 1. The Morgan fingerprint density at radius 1 is 1.22 bits per heavy atom. The fraction of sp³-hybridized carbons (Fsp3) is 0.625. The van der Waals surface area contributed by atoms with E-state index >= 15 is 0 Å². The average molecular weight is 250 g/mol. The highest BCUT2D eigenvalue weighted by atomic mass is 19.1. The Bertz CT molecular complexity index is 448. The number of rotatable bonds is 3. The molecular formula is C16H23FO. The minimum atomic E-state index is -0.393. The zero-order chi connectivity index (χ0) is 13.7. The van der Waals surface area contributed by atoms with Gasteiger partial charge in [-0.2, -0.15) is 0 Å². The van der Waals surface area contributed by atoms with Crippen LogP contribution >= 0.6 is 0 Å². The Balaban J connectivity index is 2.14. The number of hydrogen-bond acceptors (Lipinski definition) is 1. The fourth-order valence-electron chi connectivity index (χ4n) is 3.41. The molecule has 1 unspecified atom stereocenters. The molecule has 0 saturated heterocycles. The Morgan fingerprint density at radius 2 is 1.78 bits per heavy atom. The van der Waals surface area contributed by atoms with Gasteiger partial charge in [0.25, 0.3) is 0 Å². The van der Waals surface area contributed by atoms with Crippen LogP contribution in [0.3, 0.4) is 0 Å². The van der Waals surface area contributed by atoms with Crippen molar-refractivity contribution < 1.29 is 9.50 Å². The van der Waals surface area contributed by atoms with Gasteiger partial charge in [0.1, 0.15) is 5.82 Å². The molecule has 0 heterocycles. The molecule has 1 aromatic carbocycles. The van der Waals surface area contributed by atoms with Crippen molar-refractivity contribution in [3.05, 3.63) is 35.1 Å². The van der Waals surface area contributed by atoms with E-state index in [-0.39, 0.29) is 22.6 Å². The molecule has 1 atom stereocenters. The van der Waals surface area contributed by atoms with Crippen molar-refractivity contribution in [2.75, 3.05) is 0 Å². The molecule has 0 spiro atoms. The Hall–Kier alpha value is -0.890. The lowest BCUT2D eigenvalue weighted by molar-refractivity contribution is 0.129. The molecule has 2 heteroatoms. The summed E-state index contributed by atoms with van der Waals surface area (Å²) in [7, 11) is 0. The Morgan fingerprint density at radius 3 is 2.28 bits per heavy atom. The van der Waals surface area contributed by atoms with Crippen LogP contribution in [0.4, 0.5) is 4.39 Å². The number of halogens is 1. The molecule has 0 radical (unpaired) electrons. The van der Waals surface area contributed by atoms with Gasteiger partial charge in [-0.3, -0.25) is 0 Å². The second-order valence-electron chi connectivity index (χ2n) is 6.76. The van der Waals surface area contributed by atoms with Gasteiger partial charge in [0, 0.05) is 0 Å². The SMILES string of the molecule is Cc1ccc(F)cc1CC(O)C1C(C)(C)C1(C)C. The number of benzene rings is 1. The minimum Gasteiger partial charge on any atom is -0.392 e. The summed E-state index contributed by atoms with van der Waals surface area (Å²) in [4.78, 5) is 0. The summed E-state index contributed by atoms with van der Waals surface area (Å²) in [6, 6.07) is 4.79. The van der Waals surface area contributed by atoms with Crippen molar-refractivity contribution in [3.63, 3.8) is 0 Å². The first kappa shape index (κ1) is 13.5. The normalized spacial score (nSPS) is 22.8. The Labute approximate surface area is 109 Å². The largest absolute Gasteiger partial charge is 0.392 e. The number of aryl methyl sites for hydroxylation is 1. The highest BCUT2D eigenvalue weighted by Gasteiger charge is 2.66. The molecule has 100 valence electrons. The first-order valence-electron chi connectivity index (χ1n) is 6.61. The smallest absolute Gasteiger partial charge is 0.123 e. The van der Waals surface area contributed by atoms with E-state index in [4.69, 9.17) is 0 Å². The van der Waals surface area contributed by atoms with Gasteiger partial charge in [0.15, 0.2) is 0 Å². The molecule has 1 saturated carbocycles. The molecule has 1 aliphatic rings. The third-order valence-electron chi connectivity index (χ3n) is 5.26. The maximum Gasteiger partial charge on any atom is 0.123 e. The van der Waals surface area contributed by atoms with Gasteiger partial charge in [0.2, 0.25) is 0 Å². The third-order valence-corrected chi connectivity index (χ3v) is 5.26. The zero-order valence-corrected chi connectivity index (χ0v) is 11.9. The van der Waals surface area contributed by atoms with Crippen molar-refractivity contribution >= 4 is 0 Å². The maximum atomic E-state index is 13.2. The Kier molecular flexibility index (Phi) is 3.05. The van der Waals surface area contributed by atoms with Crippen LogP contribution in [-0.2, 0) is 6.42 Å². The van der Waals surface area contributed by atoms with Crippen LogP contribution in [0.1, 0.15) is 38.8 Å². The number of hydrogen-bond donors (Lipinski definition) is 1. The maximum absolute atomic E-state index is 13.2. The average Bonchev–Trinajstić information content (AvgIpc) is 2.63. The van der Waals surface area contributed by atoms with Crippen LogP contribution in [0.25, 0.3) is 0 Å². The van der Waals surface area contributed by atoms with Gasteiger partial charge in [-0.05, 0) is 53.4 Å². The van der Waals surface area contributed by atoms with Crippen molar-refractivity contribution in [1.29, 1.82) is 0 Å². The number of aliphatic hydroxyl groups excluding tert-OH is 1. The minimum absolute atomic E-state index is 0.160. The summed E-state index contributed by atoms with van der Waals surface area (Å²) in [6.45, 7) is 10.7. The van der Waals surface area contributed by atoms with Crippen LogP contribution in [0.2, 0.25) is 0 Å². The molecular weight excluding hydrogens is 227 g/mol. The lowest BCUT2D eigenvalue weighted by Gasteiger charge is -2.14. The van der Waals surface area contributed by atoms with Gasteiger partial charge >= 0.3 is 0 Å². The van der Waals surface area contributed by atoms with Crippen molar-refractivity contribution in [3.8, 4) is 0 Å². The predicted octanol–water partition coefficient (Wildman–Crippen LogP) is 3.72. The summed E-state index contributed by atoms with van der Waals surface area (Å²) in [5.41, 5.74) is 2.29. The molecule has 0 aromatic heterocycles. The van der Waals surface area contributed by atoms with E-state index in [0.717, 1.165) is 11.1 Å². The zero-order valence-electron chi connectivity index (χ0n) is 11.9. The van der Waals surface area contributed by atoms with Crippen LogP contribution in [0, 0.1) is 29.5 Å². The van der Waals surface area contributed by atoms with Crippen molar-refractivity contribution in [2.24, 2.45) is 16.7 Å². The fourth-order valence-corrected chi connectivity index (χ4v) is 3.41. The van der Waals surface area contributed by atoms with Crippen LogP contribution in [0.15, 0.2) is 18.2 Å². The standard InChI is InChI=1S/C16H23FO/c1-10-6-7-12(17)8-11(10)9-13(18)14-15(2,3)16(14,4)5/h6-8,13-14,18H,9H2,1-5H3. The van der Waals surface area contributed by atoms with E-state index in [1.54, 1.807) is 12.1 Å². The molecule has 0 aliphatic heterocycles. The predicted molar refractivity (Wildman–Crippen MR) is 71.9 cm³/mol. The molecule has 18 heavy (non-hydrogen) atoms. The van der Waals surface area contributed by atoms with Crippen molar-refractivity contribution in [2.45, 2.75) is 47.1 Å². The molecule has 1 nitrogen and oxygen atoms in total. The molecule has 0 amide bonds. The van der Waals surface area contributed by atoms with Gasteiger partial charge < -0.3 is 5.11 Å². The lowest BCUT2D eigenvalue weighted by Crippen LogP contribution is -2.18. The molecule has 1 N–H and O–H groups in total. The topological polar surface area (TPSA) is 20.2 Å². The molecule has 2 rings (SSSR count). The van der Waals surface area contributed by atoms with Crippen LogP contribution < -0.4 is 0 Å². The van der Waals surface area contributed by atoms with E-state index in [9.17, 15) is 9.50 Å². The molecule has 1 fully saturated rings. The first-order valence-corrected chi connectivity index (χ1v) is 6.61. The molecule has 0 bridgehead atoms. The summed E-state index contributed by atoms with van der Waals surface area (Å²) in [6.07, 6.45) is 0.150. The van der Waals surface area contributed by atoms with E-state index in [1.807, 2.05) is 6.92 Å². The third kappa shape index (κ3) is 1.97. The van der Waals surface area contributed by atoms with E-state index in [0.29, 0.717) is 6.42 Å². The van der Waals surface area contributed by atoms with Crippen LogP contribution in [-0.4, -0.2) is 11.2 Å². The summed E-state index contributed by atoms with van der Waals surface area (Å²) >= 11 is 0. The van der Waals surface area contributed by atoms with Gasteiger partial charge in [0.05, 0.1) is 6.10 Å². The summed E-state index contributed by atoms with van der Waals surface area (Å²) in [5, 5.41) is 10.4.